The van der Waals surface area contributed by atoms with E-state index in [1.807, 2.05) is 19.4 Å². The molecular weight excluding hydrogens is 252 g/mol. The van der Waals surface area contributed by atoms with Crippen LogP contribution in [-0.2, 0) is 19.9 Å². The molecule has 0 saturated heterocycles. The molecule has 0 bridgehead atoms. The predicted octanol–water partition coefficient (Wildman–Crippen LogP) is 2.97. The first-order valence-electron chi connectivity index (χ1n) is 4.97. The molecule has 0 aliphatic carbocycles. The van der Waals surface area contributed by atoms with E-state index < -0.39 is 0 Å². The summed E-state index contributed by atoms with van der Waals surface area (Å²) < 4.78 is 3.02. The molecule has 0 radical (unpaired) electrons. The van der Waals surface area contributed by atoms with E-state index in [1.54, 1.807) is 0 Å². The molecule has 0 N–H and O–H groups in total. The molecule has 2 rings (SSSR count). The molecule has 0 aliphatic rings. The van der Waals surface area contributed by atoms with E-state index in [0.717, 1.165) is 17.4 Å². The van der Waals surface area contributed by atoms with Crippen molar-refractivity contribution in [2.45, 2.75) is 12.8 Å². The van der Waals surface area contributed by atoms with Crippen molar-refractivity contribution in [2.75, 3.05) is 0 Å². The van der Waals surface area contributed by atoms with Crippen molar-refractivity contribution in [1.29, 1.82) is 0 Å². The summed E-state index contributed by atoms with van der Waals surface area (Å²) in [5.41, 5.74) is 2.62. The molecule has 78 valence electrons. The van der Waals surface area contributed by atoms with Crippen molar-refractivity contribution < 1.29 is 0 Å². The molecule has 0 fully saturated rings. The van der Waals surface area contributed by atoms with Gasteiger partial charge in [0.25, 0.3) is 0 Å². The molecule has 3 heteroatoms. The fraction of sp³-hybridized carbons (Fsp3) is 0.250. The Kier molecular flexibility index (Phi) is 3.21. The van der Waals surface area contributed by atoms with Crippen molar-refractivity contribution in [2.24, 2.45) is 7.05 Å². The van der Waals surface area contributed by atoms with E-state index in [0.29, 0.717) is 0 Å². The van der Waals surface area contributed by atoms with Crippen LogP contribution < -0.4 is 0 Å². The number of aryl methyl sites for hydroxylation is 2. The van der Waals surface area contributed by atoms with Gasteiger partial charge in [0.15, 0.2) is 0 Å². The highest BCUT2D eigenvalue weighted by Gasteiger charge is 2.05. The van der Waals surface area contributed by atoms with Gasteiger partial charge in [0.1, 0.15) is 4.60 Å². The Labute approximate surface area is 98.1 Å². The minimum Gasteiger partial charge on any atom is -0.337 e. The van der Waals surface area contributed by atoms with Crippen molar-refractivity contribution >= 4 is 15.9 Å². The monoisotopic (exact) mass is 264 g/mol. The Balaban J connectivity index is 2.05. The average molecular weight is 265 g/mol. The lowest BCUT2D eigenvalue weighted by Gasteiger charge is -2.03. The Hall–Kier alpha value is -1.09. The molecule has 0 atom stereocenters. The SMILES string of the molecule is Cn1cnc(Br)c1CCc1ccccc1. The number of aromatic nitrogens is 2. The van der Waals surface area contributed by atoms with Gasteiger partial charge in [-0.25, -0.2) is 4.98 Å². The zero-order valence-electron chi connectivity index (χ0n) is 8.65. The summed E-state index contributed by atoms with van der Waals surface area (Å²) in [5, 5.41) is 0. The van der Waals surface area contributed by atoms with Crippen LogP contribution in [0.4, 0.5) is 0 Å². The first kappa shape index (κ1) is 10.4. The molecule has 1 aromatic heterocycles. The topological polar surface area (TPSA) is 17.8 Å². The van der Waals surface area contributed by atoms with Crippen LogP contribution in [0.1, 0.15) is 11.3 Å². The molecule has 2 aromatic rings. The largest absolute Gasteiger partial charge is 0.337 e. The third-order valence-electron chi connectivity index (χ3n) is 2.50. The summed E-state index contributed by atoms with van der Waals surface area (Å²) in [7, 11) is 2.03. The minimum absolute atomic E-state index is 0.959. The van der Waals surface area contributed by atoms with E-state index in [2.05, 4.69) is 49.7 Å². The number of benzene rings is 1. The molecule has 0 unspecified atom stereocenters. The third-order valence-corrected chi connectivity index (χ3v) is 3.16. The normalized spacial score (nSPS) is 10.5. The van der Waals surface area contributed by atoms with Crippen LogP contribution >= 0.6 is 15.9 Å². The van der Waals surface area contributed by atoms with Gasteiger partial charge in [0, 0.05) is 7.05 Å². The fourth-order valence-electron chi connectivity index (χ4n) is 1.61. The van der Waals surface area contributed by atoms with Gasteiger partial charge in [-0.15, -0.1) is 0 Å². The van der Waals surface area contributed by atoms with E-state index in [1.165, 1.54) is 11.3 Å². The lowest BCUT2D eigenvalue weighted by atomic mass is 10.1. The maximum atomic E-state index is 4.21. The fourth-order valence-corrected chi connectivity index (χ4v) is 2.18. The molecular formula is C12H13BrN2. The van der Waals surface area contributed by atoms with Gasteiger partial charge < -0.3 is 4.57 Å². The van der Waals surface area contributed by atoms with E-state index in [9.17, 15) is 0 Å². The number of imidazole rings is 1. The smallest absolute Gasteiger partial charge is 0.127 e. The van der Waals surface area contributed by atoms with Gasteiger partial charge in [0.05, 0.1) is 12.0 Å². The van der Waals surface area contributed by atoms with Crippen LogP contribution in [0.25, 0.3) is 0 Å². The van der Waals surface area contributed by atoms with Crippen molar-refractivity contribution in [3.05, 3.63) is 52.5 Å². The number of halogens is 1. The highest BCUT2D eigenvalue weighted by atomic mass is 79.9. The Bertz CT molecular complexity index is 415. The Morgan fingerprint density at radius 1 is 1.20 bits per heavy atom. The summed E-state index contributed by atoms with van der Waals surface area (Å²) in [6.45, 7) is 0. The van der Waals surface area contributed by atoms with Crippen LogP contribution in [0.5, 0.6) is 0 Å². The quantitative estimate of drug-likeness (QED) is 0.834. The van der Waals surface area contributed by atoms with Crippen LogP contribution in [0.15, 0.2) is 41.3 Å². The van der Waals surface area contributed by atoms with Crippen LogP contribution in [-0.4, -0.2) is 9.55 Å². The summed E-state index contributed by atoms with van der Waals surface area (Å²) >= 11 is 3.46. The molecule has 15 heavy (non-hydrogen) atoms. The number of rotatable bonds is 3. The lowest BCUT2D eigenvalue weighted by Crippen LogP contribution is -1.98. The van der Waals surface area contributed by atoms with Crippen molar-refractivity contribution in [3.63, 3.8) is 0 Å². The van der Waals surface area contributed by atoms with Crippen molar-refractivity contribution in [1.82, 2.24) is 9.55 Å². The maximum absolute atomic E-state index is 4.21. The van der Waals surface area contributed by atoms with E-state index in [4.69, 9.17) is 0 Å². The van der Waals surface area contributed by atoms with E-state index >= 15 is 0 Å². The molecule has 0 amide bonds. The van der Waals surface area contributed by atoms with Gasteiger partial charge >= 0.3 is 0 Å². The average Bonchev–Trinajstić information content (AvgIpc) is 2.58. The van der Waals surface area contributed by atoms with Gasteiger partial charge in [-0.3, -0.25) is 0 Å². The van der Waals surface area contributed by atoms with Crippen LogP contribution in [0.3, 0.4) is 0 Å². The third kappa shape index (κ3) is 2.48. The summed E-state index contributed by atoms with van der Waals surface area (Å²) in [6.07, 6.45) is 3.91. The highest BCUT2D eigenvalue weighted by molar-refractivity contribution is 9.10. The Morgan fingerprint density at radius 3 is 2.53 bits per heavy atom. The first-order valence-corrected chi connectivity index (χ1v) is 5.76. The molecule has 1 heterocycles. The molecule has 0 saturated carbocycles. The van der Waals surface area contributed by atoms with Gasteiger partial charge in [-0.1, -0.05) is 30.3 Å². The highest BCUT2D eigenvalue weighted by Crippen LogP contribution is 2.15. The van der Waals surface area contributed by atoms with E-state index in [-0.39, 0.29) is 0 Å². The minimum atomic E-state index is 0.959. The summed E-state index contributed by atoms with van der Waals surface area (Å²) in [6, 6.07) is 10.5. The second-order valence-electron chi connectivity index (χ2n) is 3.58. The van der Waals surface area contributed by atoms with Crippen molar-refractivity contribution in [3.8, 4) is 0 Å². The molecule has 1 aromatic carbocycles. The van der Waals surface area contributed by atoms with Crippen LogP contribution in [0.2, 0.25) is 0 Å². The number of hydrogen-bond acceptors (Lipinski definition) is 1. The zero-order chi connectivity index (χ0) is 10.7. The van der Waals surface area contributed by atoms with Gasteiger partial charge in [-0.05, 0) is 34.3 Å². The second-order valence-corrected chi connectivity index (χ2v) is 4.33. The molecule has 0 spiro atoms. The number of nitrogens with zero attached hydrogens (tertiary/aromatic N) is 2. The summed E-state index contributed by atoms with van der Waals surface area (Å²) in [4.78, 5) is 4.21. The lowest BCUT2D eigenvalue weighted by molar-refractivity contribution is 0.795. The maximum Gasteiger partial charge on any atom is 0.127 e. The van der Waals surface area contributed by atoms with Crippen LogP contribution in [0, 0.1) is 0 Å². The first-order chi connectivity index (χ1) is 7.27. The standard InChI is InChI=1S/C12H13BrN2/c1-15-9-14-12(13)11(15)8-7-10-5-3-2-4-6-10/h2-6,9H,7-8H2,1H3. The van der Waals surface area contributed by atoms with Gasteiger partial charge in [0.2, 0.25) is 0 Å². The summed E-state index contributed by atoms with van der Waals surface area (Å²) in [5.74, 6) is 0. The molecule has 0 aliphatic heterocycles. The Morgan fingerprint density at radius 2 is 1.93 bits per heavy atom. The molecule has 2 nitrogen and oxygen atoms in total. The second kappa shape index (κ2) is 4.62. The zero-order valence-corrected chi connectivity index (χ0v) is 10.2. The predicted molar refractivity (Wildman–Crippen MR) is 64.8 cm³/mol. The van der Waals surface area contributed by atoms with Gasteiger partial charge in [-0.2, -0.15) is 0 Å². The number of hydrogen-bond donors (Lipinski definition) is 0.